The number of unbranched alkanes of at least 4 members (excludes halogenated alkanes) is 1. The third-order valence-corrected chi connectivity index (χ3v) is 7.36. The fourth-order valence-electron chi connectivity index (χ4n) is 3.56. The van der Waals surface area contributed by atoms with E-state index >= 15 is 0 Å². The normalized spacial score (nSPS) is 12.3. The Morgan fingerprint density at radius 3 is 2.20 bits per heavy atom. The molecule has 10 heteroatoms. The van der Waals surface area contributed by atoms with E-state index in [-0.39, 0.29) is 18.1 Å². The second kappa shape index (κ2) is 13.2. The number of hydrogen-bond acceptors (Lipinski definition) is 4. The smallest absolute Gasteiger partial charge is 0.304 e. The number of benzene rings is 2. The first-order valence-electron chi connectivity index (χ1n) is 11.7. The van der Waals surface area contributed by atoms with Gasteiger partial charge >= 0.3 is 10.2 Å². The molecule has 0 unspecified atom stereocenters. The maximum Gasteiger partial charge on any atom is 0.304 e. The summed E-state index contributed by atoms with van der Waals surface area (Å²) in [5.74, 6) is -1.69. The zero-order valence-electron chi connectivity index (χ0n) is 20.8. The largest absolute Gasteiger partial charge is 0.354 e. The molecule has 0 spiro atoms. The van der Waals surface area contributed by atoms with Crippen LogP contribution in [0.15, 0.2) is 54.6 Å². The molecular weight excluding hydrogens is 471 g/mol. The molecule has 2 rings (SSSR count). The molecule has 0 saturated heterocycles. The van der Waals surface area contributed by atoms with E-state index in [9.17, 15) is 22.4 Å². The lowest BCUT2D eigenvalue weighted by molar-refractivity contribution is -0.140. The van der Waals surface area contributed by atoms with E-state index < -0.39 is 34.5 Å². The summed E-state index contributed by atoms with van der Waals surface area (Å²) in [5.41, 5.74) is 0.545. The van der Waals surface area contributed by atoms with Crippen LogP contribution in [0.1, 0.15) is 38.7 Å². The first-order valence-corrected chi connectivity index (χ1v) is 13.1. The van der Waals surface area contributed by atoms with Crippen LogP contribution in [-0.4, -0.2) is 62.7 Å². The Labute approximate surface area is 207 Å². The molecule has 0 saturated carbocycles. The molecule has 1 N–H and O–H groups in total. The highest BCUT2D eigenvalue weighted by molar-refractivity contribution is 7.90. The summed E-state index contributed by atoms with van der Waals surface area (Å²) >= 11 is 0. The topological polar surface area (TPSA) is 90.0 Å². The summed E-state index contributed by atoms with van der Waals surface area (Å²) in [6.45, 7) is 3.73. The summed E-state index contributed by atoms with van der Waals surface area (Å²) < 4.78 is 42.5. The zero-order chi connectivity index (χ0) is 26.0. The van der Waals surface area contributed by atoms with Crippen LogP contribution in [0.4, 0.5) is 10.1 Å². The fourth-order valence-corrected chi connectivity index (χ4v) is 4.63. The highest BCUT2D eigenvalue weighted by Gasteiger charge is 2.34. The molecule has 2 amide bonds. The molecule has 0 aromatic heterocycles. The number of halogens is 1. The first-order chi connectivity index (χ1) is 16.6. The number of amides is 2. The van der Waals surface area contributed by atoms with Gasteiger partial charge in [0.15, 0.2) is 0 Å². The maximum absolute atomic E-state index is 14.6. The van der Waals surface area contributed by atoms with E-state index in [1.165, 1.54) is 37.2 Å². The van der Waals surface area contributed by atoms with Crippen LogP contribution in [-0.2, 0) is 26.3 Å². The predicted molar refractivity (Wildman–Crippen MR) is 135 cm³/mol. The van der Waals surface area contributed by atoms with Gasteiger partial charge in [0.2, 0.25) is 11.8 Å². The Bertz CT molecular complexity index is 1080. The molecule has 192 valence electrons. The first kappa shape index (κ1) is 28.3. The molecular formula is C25H35FN4O4S. The van der Waals surface area contributed by atoms with Crippen LogP contribution in [0.25, 0.3) is 0 Å². The van der Waals surface area contributed by atoms with Crippen molar-refractivity contribution in [1.29, 1.82) is 0 Å². The quantitative estimate of drug-likeness (QED) is 0.423. The van der Waals surface area contributed by atoms with Crippen LogP contribution < -0.4 is 9.62 Å². The molecule has 2 aromatic rings. The summed E-state index contributed by atoms with van der Waals surface area (Å²) in [6.07, 6.45) is 2.04. The van der Waals surface area contributed by atoms with E-state index in [0.717, 1.165) is 33.1 Å². The molecule has 0 aliphatic heterocycles. The van der Waals surface area contributed by atoms with Crippen molar-refractivity contribution in [1.82, 2.24) is 14.5 Å². The number of anilines is 1. The molecule has 0 heterocycles. The Hall–Kier alpha value is -2.98. The minimum Gasteiger partial charge on any atom is -0.354 e. The van der Waals surface area contributed by atoms with Gasteiger partial charge in [-0.1, -0.05) is 62.7 Å². The van der Waals surface area contributed by atoms with Crippen LogP contribution in [0.3, 0.4) is 0 Å². The van der Waals surface area contributed by atoms with Crippen molar-refractivity contribution in [3.8, 4) is 0 Å². The summed E-state index contributed by atoms with van der Waals surface area (Å²) in [4.78, 5) is 28.0. The van der Waals surface area contributed by atoms with Crippen LogP contribution in [0.5, 0.6) is 0 Å². The highest BCUT2D eigenvalue weighted by atomic mass is 32.2. The van der Waals surface area contributed by atoms with Crippen LogP contribution in [0, 0.1) is 5.82 Å². The monoisotopic (exact) mass is 506 g/mol. The van der Waals surface area contributed by atoms with Crippen LogP contribution >= 0.6 is 0 Å². The summed E-state index contributed by atoms with van der Waals surface area (Å²) in [6, 6.07) is 13.7. The number of hydrogen-bond donors (Lipinski definition) is 1. The number of nitrogens with one attached hydrogen (secondary N) is 1. The molecule has 0 radical (unpaired) electrons. The fraction of sp³-hybridized carbons (Fsp3) is 0.440. The standard InChI is InChI=1S/C25H35FN4O4S/c1-5-7-17-27-25(32)22(6-2)29(18-20-13-9-8-10-14-20)24(31)19-30(35(33,34)28(3)4)23-16-12-11-15-21(23)26/h8-16,22H,5-7,17-19H2,1-4H3,(H,27,32)/t22-/m0/s1. The second-order valence-electron chi connectivity index (χ2n) is 8.32. The Morgan fingerprint density at radius 1 is 1.00 bits per heavy atom. The van der Waals surface area contributed by atoms with Gasteiger partial charge in [0.1, 0.15) is 18.4 Å². The van der Waals surface area contributed by atoms with Crippen molar-refractivity contribution in [2.75, 3.05) is 31.5 Å². The van der Waals surface area contributed by atoms with E-state index in [2.05, 4.69) is 5.32 Å². The molecule has 8 nitrogen and oxygen atoms in total. The van der Waals surface area contributed by atoms with E-state index in [0.29, 0.717) is 13.0 Å². The molecule has 35 heavy (non-hydrogen) atoms. The molecule has 0 aliphatic carbocycles. The molecule has 1 atom stereocenters. The van der Waals surface area contributed by atoms with Gasteiger partial charge in [-0.25, -0.2) is 8.70 Å². The third kappa shape index (κ3) is 7.50. The molecule has 2 aromatic carbocycles. The van der Waals surface area contributed by atoms with Crippen molar-refractivity contribution in [3.05, 3.63) is 66.0 Å². The average molecular weight is 507 g/mol. The SMILES string of the molecule is CCCCNC(=O)[C@H](CC)N(Cc1ccccc1)C(=O)CN(c1ccccc1F)S(=O)(=O)N(C)C. The minimum atomic E-state index is -4.21. The Morgan fingerprint density at radius 2 is 1.63 bits per heavy atom. The predicted octanol–water partition coefficient (Wildman–Crippen LogP) is 3.16. The number of nitrogens with zero attached hydrogens (tertiary/aromatic N) is 3. The molecule has 0 bridgehead atoms. The van der Waals surface area contributed by atoms with E-state index in [1.54, 1.807) is 6.92 Å². The summed E-state index contributed by atoms with van der Waals surface area (Å²) in [7, 11) is -1.59. The second-order valence-corrected chi connectivity index (χ2v) is 10.4. The van der Waals surface area contributed by atoms with Crippen molar-refractivity contribution in [3.63, 3.8) is 0 Å². The number of carbonyl (C=O) groups is 2. The number of para-hydroxylation sites is 1. The maximum atomic E-state index is 14.6. The lowest BCUT2D eigenvalue weighted by Gasteiger charge is -2.34. The van der Waals surface area contributed by atoms with Crippen molar-refractivity contribution < 1.29 is 22.4 Å². The van der Waals surface area contributed by atoms with Crippen molar-refractivity contribution in [2.45, 2.75) is 45.7 Å². The van der Waals surface area contributed by atoms with E-state index in [1.807, 2.05) is 37.3 Å². The van der Waals surface area contributed by atoms with Gasteiger partial charge in [-0.05, 0) is 30.5 Å². The average Bonchev–Trinajstić information content (AvgIpc) is 2.83. The van der Waals surface area contributed by atoms with Crippen LogP contribution in [0.2, 0.25) is 0 Å². The highest BCUT2D eigenvalue weighted by Crippen LogP contribution is 2.24. The van der Waals surface area contributed by atoms with Gasteiger partial charge in [0.05, 0.1) is 5.69 Å². The van der Waals surface area contributed by atoms with Gasteiger partial charge in [0, 0.05) is 27.2 Å². The molecule has 0 aliphatic rings. The van der Waals surface area contributed by atoms with Gasteiger partial charge in [0.25, 0.3) is 0 Å². The van der Waals surface area contributed by atoms with Gasteiger partial charge in [-0.15, -0.1) is 0 Å². The number of carbonyl (C=O) groups excluding carboxylic acids is 2. The Kier molecular flexibility index (Phi) is 10.7. The van der Waals surface area contributed by atoms with E-state index in [4.69, 9.17) is 0 Å². The van der Waals surface area contributed by atoms with Gasteiger partial charge < -0.3 is 10.2 Å². The minimum absolute atomic E-state index is 0.104. The lowest BCUT2D eigenvalue weighted by atomic mass is 10.1. The number of rotatable bonds is 13. The van der Waals surface area contributed by atoms with Gasteiger partial charge in [-0.3, -0.25) is 9.59 Å². The zero-order valence-corrected chi connectivity index (χ0v) is 21.6. The van der Waals surface area contributed by atoms with Crippen molar-refractivity contribution >= 4 is 27.7 Å². The van der Waals surface area contributed by atoms with Gasteiger partial charge in [-0.2, -0.15) is 12.7 Å². The Balaban J connectivity index is 2.45. The summed E-state index contributed by atoms with van der Waals surface area (Å²) in [5, 5.41) is 2.87. The molecule has 0 fully saturated rings. The van der Waals surface area contributed by atoms with Crippen molar-refractivity contribution in [2.24, 2.45) is 0 Å². The third-order valence-electron chi connectivity index (χ3n) is 5.55. The lowest BCUT2D eigenvalue weighted by Crippen LogP contribution is -2.53.